The van der Waals surface area contributed by atoms with Gasteiger partial charge in [-0.3, -0.25) is 0 Å². The van der Waals surface area contributed by atoms with Gasteiger partial charge in [-0.15, -0.1) is 0 Å². The minimum atomic E-state index is -0.203. The largest absolute Gasteiger partial charge is 0.309 e. The third-order valence-electron chi connectivity index (χ3n) is 3.02. The Morgan fingerprint density at radius 3 is 2.61 bits per heavy atom. The van der Waals surface area contributed by atoms with Crippen LogP contribution < -0.4 is 5.32 Å². The topological polar surface area (TPSA) is 12.0 Å². The molecule has 0 radical (unpaired) electrons. The van der Waals surface area contributed by atoms with Gasteiger partial charge in [-0.1, -0.05) is 34.1 Å². The maximum atomic E-state index is 13.4. The number of hydrogen-bond donors (Lipinski definition) is 1. The van der Waals surface area contributed by atoms with Crippen molar-refractivity contribution in [2.75, 3.05) is 7.05 Å². The Morgan fingerprint density at radius 1 is 1.17 bits per heavy atom. The van der Waals surface area contributed by atoms with Crippen LogP contribution in [0.25, 0.3) is 0 Å². The molecule has 0 saturated heterocycles. The highest BCUT2D eigenvalue weighted by atomic mass is 79.9. The summed E-state index contributed by atoms with van der Waals surface area (Å²) in [5, 5.41) is 3.24. The highest BCUT2D eigenvalue weighted by Gasteiger charge is 2.15. The van der Waals surface area contributed by atoms with Gasteiger partial charge in [0.25, 0.3) is 0 Å². The molecule has 1 N–H and O–H groups in total. The SMILES string of the molecule is CNC(c1cccc(Br)c1)c1cc(F)ccc1C. The van der Waals surface area contributed by atoms with Crippen LogP contribution in [0.15, 0.2) is 46.9 Å². The number of nitrogens with one attached hydrogen (secondary N) is 1. The van der Waals surface area contributed by atoms with Crippen molar-refractivity contribution in [3.05, 3.63) is 69.4 Å². The predicted octanol–water partition coefficient (Wildman–Crippen LogP) is 4.21. The van der Waals surface area contributed by atoms with Crippen LogP contribution in [0, 0.1) is 12.7 Å². The molecule has 0 aliphatic rings. The molecule has 0 heterocycles. The van der Waals surface area contributed by atoms with Gasteiger partial charge in [-0.2, -0.15) is 0 Å². The molecule has 1 nitrogen and oxygen atoms in total. The van der Waals surface area contributed by atoms with Gasteiger partial charge in [-0.05, 0) is 54.9 Å². The lowest BCUT2D eigenvalue weighted by Crippen LogP contribution is -2.18. The first kappa shape index (κ1) is 13.2. The van der Waals surface area contributed by atoms with Crippen LogP contribution in [-0.4, -0.2) is 7.05 Å². The van der Waals surface area contributed by atoms with Crippen molar-refractivity contribution in [2.45, 2.75) is 13.0 Å². The van der Waals surface area contributed by atoms with Crippen molar-refractivity contribution in [1.82, 2.24) is 5.32 Å². The van der Waals surface area contributed by atoms with E-state index < -0.39 is 0 Å². The molecule has 0 amide bonds. The molecule has 2 aromatic rings. The molecule has 0 aromatic heterocycles. The van der Waals surface area contributed by atoms with Crippen molar-refractivity contribution in [2.24, 2.45) is 0 Å². The summed E-state index contributed by atoms with van der Waals surface area (Å²) in [5.41, 5.74) is 3.16. The fourth-order valence-electron chi connectivity index (χ4n) is 2.11. The molecule has 1 atom stereocenters. The number of benzene rings is 2. The van der Waals surface area contributed by atoms with Gasteiger partial charge >= 0.3 is 0 Å². The van der Waals surface area contributed by atoms with E-state index >= 15 is 0 Å². The zero-order chi connectivity index (χ0) is 13.1. The normalized spacial score (nSPS) is 12.4. The van der Waals surface area contributed by atoms with Gasteiger partial charge in [-0.25, -0.2) is 4.39 Å². The van der Waals surface area contributed by atoms with Gasteiger partial charge in [0, 0.05) is 4.47 Å². The molecule has 2 aromatic carbocycles. The summed E-state index contributed by atoms with van der Waals surface area (Å²) < 4.78 is 14.4. The average molecular weight is 308 g/mol. The van der Waals surface area contributed by atoms with Crippen LogP contribution in [0.4, 0.5) is 4.39 Å². The first-order valence-corrected chi connectivity index (χ1v) is 6.60. The van der Waals surface area contributed by atoms with Crippen molar-refractivity contribution in [1.29, 1.82) is 0 Å². The number of aryl methyl sites for hydroxylation is 1. The van der Waals surface area contributed by atoms with Crippen LogP contribution in [0.2, 0.25) is 0 Å². The van der Waals surface area contributed by atoms with Crippen LogP contribution in [0.3, 0.4) is 0 Å². The van der Waals surface area contributed by atoms with E-state index in [1.165, 1.54) is 6.07 Å². The maximum Gasteiger partial charge on any atom is 0.123 e. The minimum absolute atomic E-state index is 0.00167. The van der Waals surface area contributed by atoms with E-state index in [4.69, 9.17) is 0 Å². The summed E-state index contributed by atoms with van der Waals surface area (Å²) in [6.45, 7) is 2.00. The van der Waals surface area contributed by atoms with Gasteiger partial charge in [0.15, 0.2) is 0 Å². The quantitative estimate of drug-likeness (QED) is 0.896. The molecular formula is C15H15BrFN. The number of hydrogen-bond acceptors (Lipinski definition) is 1. The lowest BCUT2D eigenvalue weighted by molar-refractivity contribution is 0.615. The monoisotopic (exact) mass is 307 g/mol. The lowest BCUT2D eigenvalue weighted by atomic mass is 9.95. The maximum absolute atomic E-state index is 13.4. The van der Waals surface area contributed by atoms with E-state index in [0.717, 1.165) is 21.2 Å². The van der Waals surface area contributed by atoms with Crippen LogP contribution in [0.5, 0.6) is 0 Å². The first-order chi connectivity index (χ1) is 8.61. The second-order valence-corrected chi connectivity index (χ2v) is 5.19. The molecule has 1 unspecified atom stereocenters. The molecule has 0 fully saturated rings. The molecule has 18 heavy (non-hydrogen) atoms. The van der Waals surface area contributed by atoms with E-state index in [1.807, 2.05) is 44.3 Å². The minimum Gasteiger partial charge on any atom is -0.309 e. The Balaban J connectivity index is 2.48. The second kappa shape index (κ2) is 5.63. The summed E-state index contributed by atoms with van der Waals surface area (Å²) in [5.74, 6) is -0.203. The molecule has 3 heteroatoms. The summed E-state index contributed by atoms with van der Waals surface area (Å²) in [4.78, 5) is 0. The summed E-state index contributed by atoms with van der Waals surface area (Å²) in [6, 6.07) is 12.9. The van der Waals surface area contributed by atoms with Gasteiger partial charge in [0.2, 0.25) is 0 Å². The van der Waals surface area contributed by atoms with Gasteiger partial charge < -0.3 is 5.32 Å². The van der Waals surface area contributed by atoms with E-state index in [1.54, 1.807) is 6.07 Å². The standard InChI is InChI=1S/C15H15BrFN/c1-10-6-7-13(17)9-14(10)15(18-2)11-4-3-5-12(16)8-11/h3-9,15,18H,1-2H3. The van der Waals surface area contributed by atoms with Crippen molar-refractivity contribution in [3.8, 4) is 0 Å². The van der Waals surface area contributed by atoms with Gasteiger partial charge in [0.05, 0.1) is 6.04 Å². The highest BCUT2D eigenvalue weighted by Crippen LogP contribution is 2.27. The van der Waals surface area contributed by atoms with Crippen LogP contribution in [-0.2, 0) is 0 Å². The molecule has 0 bridgehead atoms. The summed E-state index contributed by atoms with van der Waals surface area (Å²) in [7, 11) is 1.88. The summed E-state index contributed by atoms with van der Waals surface area (Å²) >= 11 is 3.46. The number of halogens is 2. The van der Waals surface area contributed by atoms with E-state index in [9.17, 15) is 4.39 Å². The Hall–Kier alpha value is -1.19. The Kier molecular flexibility index (Phi) is 4.15. The molecule has 0 spiro atoms. The third-order valence-corrected chi connectivity index (χ3v) is 3.52. The number of rotatable bonds is 3. The second-order valence-electron chi connectivity index (χ2n) is 4.28. The van der Waals surface area contributed by atoms with E-state index in [0.29, 0.717) is 0 Å². The fourth-order valence-corrected chi connectivity index (χ4v) is 2.53. The smallest absolute Gasteiger partial charge is 0.123 e. The Bertz CT molecular complexity index is 554. The van der Waals surface area contributed by atoms with Crippen molar-refractivity contribution >= 4 is 15.9 Å². The molecule has 94 valence electrons. The third kappa shape index (κ3) is 2.79. The van der Waals surface area contributed by atoms with Crippen molar-refractivity contribution in [3.63, 3.8) is 0 Å². The molecular weight excluding hydrogens is 293 g/mol. The van der Waals surface area contributed by atoms with Gasteiger partial charge in [0.1, 0.15) is 5.82 Å². The van der Waals surface area contributed by atoms with Crippen LogP contribution in [0.1, 0.15) is 22.7 Å². The molecule has 2 rings (SSSR count). The Labute approximate surface area is 115 Å². The van der Waals surface area contributed by atoms with Crippen LogP contribution >= 0.6 is 15.9 Å². The zero-order valence-electron chi connectivity index (χ0n) is 10.4. The molecule has 0 aliphatic heterocycles. The van der Waals surface area contributed by atoms with E-state index in [2.05, 4.69) is 21.2 Å². The average Bonchev–Trinajstić information content (AvgIpc) is 2.35. The first-order valence-electron chi connectivity index (χ1n) is 5.80. The molecule has 0 saturated carbocycles. The summed E-state index contributed by atoms with van der Waals surface area (Å²) in [6.07, 6.45) is 0. The zero-order valence-corrected chi connectivity index (χ0v) is 12.0. The van der Waals surface area contributed by atoms with E-state index in [-0.39, 0.29) is 11.9 Å². The Morgan fingerprint density at radius 2 is 1.94 bits per heavy atom. The highest BCUT2D eigenvalue weighted by molar-refractivity contribution is 9.10. The predicted molar refractivity (Wildman–Crippen MR) is 76.2 cm³/mol. The fraction of sp³-hybridized carbons (Fsp3) is 0.200. The molecule has 0 aliphatic carbocycles. The lowest BCUT2D eigenvalue weighted by Gasteiger charge is -2.19. The van der Waals surface area contributed by atoms with Crippen molar-refractivity contribution < 1.29 is 4.39 Å².